The van der Waals surface area contributed by atoms with Crippen LogP contribution in [-0.2, 0) is 6.42 Å². The third-order valence-electron chi connectivity index (χ3n) is 3.11. The fourth-order valence-corrected chi connectivity index (χ4v) is 2.34. The predicted octanol–water partition coefficient (Wildman–Crippen LogP) is 3.34. The second-order valence-electron chi connectivity index (χ2n) is 4.36. The minimum absolute atomic E-state index is 0.283. The van der Waals surface area contributed by atoms with Gasteiger partial charge in [-0.25, -0.2) is 0 Å². The Hall–Kier alpha value is -1.45. The van der Waals surface area contributed by atoms with Gasteiger partial charge in [0.15, 0.2) is 5.22 Å². The number of aliphatic hydroxyl groups excluding tert-OH is 1. The average Bonchev–Trinajstić information content (AvgIpc) is 2.84. The van der Waals surface area contributed by atoms with Gasteiger partial charge < -0.3 is 14.3 Å². The van der Waals surface area contributed by atoms with Crippen molar-refractivity contribution in [2.24, 2.45) is 0 Å². The van der Waals surface area contributed by atoms with E-state index < -0.39 is 6.10 Å². The van der Waals surface area contributed by atoms with Gasteiger partial charge in [0.2, 0.25) is 0 Å². The van der Waals surface area contributed by atoms with Crippen molar-refractivity contribution < 1.29 is 14.3 Å². The molecule has 18 heavy (non-hydrogen) atoms. The first-order valence-electron chi connectivity index (χ1n) is 5.93. The van der Waals surface area contributed by atoms with Crippen molar-refractivity contribution in [1.29, 1.82) is 0 Å². The molecule has 0 amide bonds. The molecule has 1 aliphatic heterocycles. The van der Waals surface area contributed by atoms with E-state index in [0.29, 0.717) is 5.76 Å². The molecule has 1 atom stereocenters. The molecule has 3 nitrogen and oxygen atoms in total. The van der Waals surface area contributed by atoms with E-state index in [-0.39, 0.29) is 5.22 Å². The number of ether oxygens (including phenoxy) is 1. The Labute approximate surface area is 110 Å². The maximum absolute atomic E-state index is 10.2. The molecule has 0 fully saturated rings. The SMILES string of the molecule is OC(c1ccc2c(c1)CCCO2)c1ccc(Cl)o1. The largest absolute Gasteiger partial charge is 0.493 e. The molecule has 0 aliphatic carbocycles. The lowest BCUT2D eigenvalue weighted by Crippen LogP contribution is -2.09. The highest BCUT2D eigenvalue weighted by Gasteiger charge is 2.17. The zero-order valence-corrected chi connectivity index (χ0v) is 10.5. The van der Waals surface area contributed by atoms with E-state index in [2.05, 4.69) is 0 Å². The van der Waals surface area contributed by atoms with Crippen molar-refractivity contribution in [3.05, 3.63) is 52.4 Å². The summed E-state index contributed by atoms with van der Waals surface area (Å²) in [6.07, 6.45) is 1.21. The third-order valence-corrected chi connectivity index (χ3v) is 3.31. The molecule has 1 aliphatic rings. The summed E-state index contributed by atoms with van der Waals surface area (Å²) in [7, 11) is 0. The van der Waals surface area contributed by atoms with Gasteiger partial charge in [-0.2, -0.15) is 0 Å². The smallest absolute Gasteiger partial charge is 0.193 e. The molecular weight excluding hydrogens is 252 g/mol. The summed E-state index contributed by atoms with van der Waals surface area (Å²) < 4.78 is 10.8. The van der Waals surface area contributed by atoms with Crippen molar-refractivity contribution in [1.82, 2.24) is 0 Å². The van der Waals surface area contributed by atoms with Gasteiger partial charge in [0, 0.05) is 0 Å². The Bertz CT molecular complexity index is 562. The number of fused-ring (bicyclic) bond motifs is 1. The minimum Gasteiger partial charge on any atom is -0.493 e. The van der Waals surface area contributed by atoms with Gasteiger partial charge >= 0.3 is 0 Å². The summed E-state index contributed by atoms with van der Waals surface area (Å²) in [5, 5.41) is 10.5. The summed E-state index contributed by atoms with van der Waals surface area (Å²) in [4.78, 5) is 0. The summed E-state index contributed by atoms with van der Waals surface area (Å²) in [6.45, 7) is 0.767. The lowest BCUT2D eigenvalue weighted by molar-refractivity contribution is 0.189. The van der Waals surface area contributed by atoms with E-state index >= 15 is 0 Å². The minimum atomic E-state index is -0.787. The molecule has 0 saturated heterocycles. The van der Waals surface area contributed by atoms with Crippen LogP contribution < -0.4 is 4.74 Å². The second-order valence-corrected chi connectivity index (χ2v) is 4.74. The maximum Gasteiger partial charge on any atom is 0.193 e. The van der Waals surface area contributed by atoms with E-state index in [1.165, 1.54) is 0 Å². The van der Waals surface area contributed by atoms with Gasteiger partial charge in [0.25, 0.3) is 0 Å². The fraction of sp³-hybridized carbons (Fsp3) is 0.286. The molecule has 3 rings (SSSR count). The van der Waals surface area contributed by atoms with Crippen LogP contribution in [0.2, 0.25) is 5.22 Å². The average molecular weight is 265 g/mol. The van der Waals surface area contributed by atoms with Gasteiger partial charge in [-0.1, -0.05) is 6.07 Å². The zero-order valence-electron chi connectivity index (χ0n) is 9.73. The van der Waals surface area contributed by atoms with Gasteiger partial charge in [-0.3, -0.25) is 0 Å². The maximum atomic E-state index is 10.2. The molecule has 1 N–H and O–H groups in total. The van der Waals surface area contributed by atoms with Gasteiger partial charge in [0.1, 0.15) is 17.6 Å². The van der Waals surface area contributed by atoms with Gasteiger partial charge in [-0.05, 0) is 59.8 Å². The van der Waals surface area contributed by atoms with E-state index in [0.717, 1.165) is 36.3 Å². The lowest BCUT2D eigenvalue weighted by Gasteiger charge is -2.19. The highest BCUT2D eigenvalue weighted by atomic mass is 35.5. The molecule has 0 spiro atoms. The van der Waals surface area contributed by atoms with Crippen molar-refractivity contribution in [2.75, 3.05) is 6.61 Å². The Balaban J connectivity index is 1.92. The molecule has 4 heteroatoms. The van der Waals surface area contributed by atoms with E-state index in [9.17, 15) is 5.11 Å². The molecule has 0 saturated carbocycles. The molecule has 94 valence electrons. The third kappa shape index (κ3) is 2.11. The van der Waals surface area contributed by atoms with Crippen molar-refractivity contribution >= 4 is 11.6 Å². The fourth-order valence-electron chi connectivity index (χ4n) is 2.19. The first-order valence-corrected chi connectivity index (χ1v) is 6.31. The van der Waals surface area contributed by atoms with Crippen LogP contribution in [0, 0.1) is 0 Å². The first kappa shape index (κ1) is 11.6. The summed E-state index contributed by atoms with van der Waals surface area (Å²) in [5.74, 6) is 1.37. The van der Waals surface area contributed by atoms with Crippen LogP contribution in [0.15, 0.2) is 34.7 Å². The van der Waals surface area contributed by atoms with Crippen LogP contribution in [0.4, 0.5) is 0 Å². The number of benzene rings is 1. The molecule has 2 heterocycles. The van der Waals surface area contributed by atoms with Crippen LogP contribution in [0.25, 0.3) is 0 Å². The molecular formula is C14H13ClO3. The predicted molar refractivity (Wildman–Crippen MR) is 68.0 cm³/mol. The number of furan rings is 1. The first-order chi connectivity index (χ1) is 8.74. The van der Waals surface area contributed by atoms with Gasteiger partial charge in [-0.15, -0.1) is 0 Å². The molecule has 0 radical (unpaired) electrons. The van der Waals surface area contributed by atoms with Crippen LogP contribution in [0.1, 0.15) is 29.4 Å². The molecule has 2 aromatic rings. The lowest BCUT2D eigenvalue weighted by atomic mass is 10.00. The van der Waals surface area contributed by atoms with Crippen LogP contribution in [0.5, 0.6) is 5.75 Å². The summed E-state index contributed by atoms with van der Waals surface area (Å²) >= 11 is 5.71. The van der Waals surface area contributed by atoms with E-state index in [1.54, 1.807) is 12.1 Å². The molecule has 1 aromatic heterocycles. The Kier molecular flexibility index (Phi) is 3.02. The molecule has 1 aromatic carbocycles. The number of halogens is 1. The standard InChI is InChI=1S/C14H13ClO3/c15-13-6-5-12(18-13)14(16)10-3-4-11-9(8-10)2-1-7-17-11/h3-6,8,14,16H,1-2,7H2. The number of aryl methyl sites for hydroxylation is 1. The second kappa shape index (κ2) is 4.67. The van der Waals surface area contributed by atoms with Crippen LogP contribution >= 0.6 is 11.6 Å². The number of hydrogen-bond donors (Lipinski definition) is 1. The highest BCUT2D eigenvalue weighted by molar-refractivity contribution is 6.28. The number of aliphatic hydroxyl groups is 1. The highest BCUT2D eigenvalue weighted by Crippen LogP contribution is 2.31. The Morgan fingerprint density at radius 3 is 2.89 bits per heavy atom. The van der Waals surface area contributed by atoms with E-state index in [1.807, 2.05) is 18.2 Å². The number of hydrogen-bond acceptors (Lipinski definition) is 3. The quantitative estimate of drug-likeness (QED) is 0.905. The molecule has 1 unspecified atom stereocenters. The summed E-state index contributed by atoms with van der Waals surface area (Å²) in [6, 6.07) is 9.03. The van der Waals surface area contributed by atoms with Crippen molar-refractivity contribution in [2.45, 2.75) is 18.9 Å². The van der Waals surface area contributed by atoms with Crippen molar-refractivity contribution in [3.8, 4) is 5.75 Å². The molecule has 0 bridgehead atoms. The van der Waals surface area contributed by atoms with E-state index in [4.69, 9.17) is 20.8 Å². The topological polar surface area (TPSA) is 42.6 Å². The van der Waals surface area contributed by atoms with Gasteiger partial charge in [0.05, 0.1) is 6.61 Å². The normalized spacial score (nSPS) is 15.9. The van der Waals surface area contributed by atoms with Crippen molar-refractivity contribution in [3.63, 3.8) is 0 Å². The zero-order chi connectivity index (χ0) is 12.5. The monoisotopic (exact) mass is 264 g/mol. The Morgan fingerprint density at radius 1 is 1.22 bits per heavy atom. The van der Waals surface area contributed by atoms with Crippen LogP contribution in [-0.4, -0.2) is 11.7 Å². The number of rotatable bonds is 2. The summed E-state index contributed by atoms with van der Waals surface area (Å²) in [5.41, 5.74) is 1.93. The Morgan fingerprint density at radius 2 is 2.11 bits per heavy atom. The van der Waals surface area contributed by atoms with Crippen LogP contribution in [0.3, 0.4) is 0 Å².